The summed E-state index contributed by atoms with van der Waals surface area (Å²) < 4.78 is 6.74. The van der Waals surface area contributed by atoms with Gasteiger partial charge in [-0.25, -0.2) is 19.9 Å². The van der Waals surface area contributed by atoms with Crippen LogP contribution in [-0.4, -0.2) is 66.5 Å². The summed E-state index contributed by atoms with van der Waals surface area (Å²) in [7, 11) is 0. The summed E-state index contributed by atoms with van der Waals surface area (Å²) in [5, 5.41) is 29.0. The van der Waals surface area contributed by atoms with E-state index >= 15 is 0 Å². The normalized spacial score (nSPS) is 29.1. The van der Waals surface area contributed by atoms with Gasteiger partial charge in [-0.05, 0) is 18.3 Å². The second-order valence-electron chi connectivity index (χ2n) is 4.51. The maximum Gasteiger partial charge on any atom is 0.207 e. The number of ether oxygens (including phenoxy) is 1. The zero-order valence-corrected chi connectivity index (χ0v) is 11.4. The fraction of sp³-hybridized carbons (Fsp3) is 0.455. The minimum absolute atomic E-state index is 0.00904. The van der Waals surface area contributed by atoms with Crippen molar-refractivity contribution in [3.05, 3.63) is 11.6 Å². The summed E-state index contributed by atoms with van der Waals surface area (Å²) in [4.78, 5) is 15.7. The van der Waals surface area contributed by atoms with Crippen LogP contribution in [0.5, 0.6) is 0 Å². The lowest BCUT2D eigenvalue weighted by Gasteiger charge is -2.17. The summed E-state index contributed by atoms with van der Waals surface area (Å²) in [6, 6.07) is 0. The molecule has 0 radical (unpaired) electrons. The van der Waals surface area contributed by atoms with Gasteiger partial charge in [0.2, 0.25) is 5.28 Å². The van der Waals surface area contributed by atoms with Gasteiger partial charge in [0.1, 0.15) is 24.6 Å². The molecule has 0 bridgehead atoms. The number of aromatic nitrogens is 4. The van der Waals surface area contributed by atoms with Crippen LogP contribution in [-0.2, 0) is 4.74 Å². The molecule has 3 heterocycles. The van der Waals surface area contributed by atoms with Gasteiger partial charge in [0.15, 0.2) is 23.2 Å². The van der Waals surface area contributed by atoms with Gasteiger partial charge in [-0.2, -0.15) is 0 Å². The van der Waals surface area contributed by atoms with E-state index in [4.69, 9.17) is 21.4 Å². The summed E-state index contributed by atoms with van der Waals surface area (Å²) in [6.07, 6.45) is -3.22. The highest BCUT2D eigenvalue weighted by Crippen LogP contribution is 2.35. The van der Waals surface area contributed by atoms with Gasteiger partial charge in [-0.3, -0.25) is 4.57 Å². The van der Waals surface area contributed by atoms with E-state index in [2.05, 4.69) is 26.7 Å². The Kier molecular flexibility index (Phi) is 3.59. The highest BCUT2D eigenvalue weighted by Gasteiger charge is 2.44. The van der Waals surface area contributed by atoms with Gasteiger partial charge < -0.3 is 20.1 Å². The smallest absolute Gasteiger partial charge is 0.207 e. The zero-order valence-electron chi connectivity index (χ0n) is 10.7. The third-order valence-electron chi connectivity index (χ3n) is 3.34. The number of aliphatic imine (C=N–C) groups is 1. The Morgan fingerprint density at radius 2 is 2.14 bits per heavy atom. The molecule has 10 heteroatoms. The number of aliphatic hydroxyl groups is 3. The van der Waals surface area contributed by atoms with Crippen molar-refractivity contribution in [1.82, 2.24) is 19.5 Å². The standard InChI is InChI=1S/C11H12ClN5O4/c1-13-8-5-9(15-3-14-8)17(11(12)16-5)10-7(20)6(19)4(2-18)21-10/h3-4,6-7,10,18-20H,1-2H2. The van der Waals surface area contributed by atoms with Crippen LogP contribution in [0.1, 0.15) is 6.23 Å². The van der Waals surface area contributed by atoms with Crippen LogP contribution in [0.15, 0.2) is 11.3 Å². The van der Waals surface area contributed by atoms with E-state index in [0.29, 0.717) is 5.52 Å². The van der Waals surface area contributed by atoms with Gasteiger partial charge >= 0.3 is 0 Å². The molecule has 4 atom stereocenters. The molecule has 2 aromatic rings. The zero-order chi connectivity index (χ0) is 15.1. The fourth-order valence-electron chi connectivity index (χ4n) is 2.30. The first-order valence-corrected chi connectivity index (χ1v) is 6.44. The minimum atomic E-state index is -1.29. The molecule has 0 aromatic carbocycles. The van der Waals surface area contributed by atoms with Crippen LogP contribution in [0.25, 0.3) is 11.2 Å². The molecule has 1 fully saturated rings. The number of hydrogen-bond donors (Lipinski definition) is 3. The molecule has 0 amide bonds. The van der Waals surface area contributed by atoms with Crippen LogP contribution in [0.2, 0.25) is 5.28 Å². The van der Waals surface area contributed by atoms with Crippen molar-refractivity contribution >= 4 is 35.3 Å². The van der Waals surface area contributed by atoms with Crippen LogP contribution >= 0.6 is 11.6 Å². The van der Waals surface area contributed by atoms with Gasteiger partial charge in [0.25, 0.3) is 0 Å². The first kappa shape index (κ1) is 14.3. The lowest BCUT2D eigenvalue weighted by atomic mass is 10.1. The molecule has 0 aliphatic carbocycles. The Balaban J connectivity index is 2.13. The van der Waals surface area contributed by atoms with Crippen molar-refractivity contribution in [2.75, 3.05) is 6.61 Å². The Labute approximate surface area is 123 Å². The van der Waals surface area contributed by atoms with E-state index in [1.165, 1.54) is 10.9 Å². The van der Waals surface area contributed by atoms with E-state index in [-0.39, 0.29) is 16.7 Å². The van der Waals surface area contributed by atoms with E-state index in [0.717, 1.165) is 0 Å². The molecule has 0 spiro atoms. The van der Waals surface area contributed by atoms with E-state index in [9.17, 15) is 10.2 Å². The molecule has 1 aliphatic heterocycles. The second kappa shape index (κ2) is 5.28. The first-order valence-electron chi connectivity index (χ1n) is 6.06. The number of fused-ring (bicyclic) bond motifs is 1. The summed E-state index contributed by atoms with van der Waals surface area (Å²) >= 11 is 6.07. The molecular formula is C11H12ClN5O4. The fourth-order valence-corrected chi connectivity index (χ4v) is 2.57. The predicted molar refractivity (Wildman–Crippen MR) is 72.6 cm³/mol. The summed E-state index contributed by atoms with van der Waals surface area (Å²) in [6.45, 7) is 2.95. The number of aliphatic hydroxyl groups excluding tert-OH is 3. The Morgan fingerprint density at radius 1 is 1.38 bits per heavy atom. The molecule has 0 saturated carbocycles. The van der Waals surface area contributed by atoms with Crippen molar-refractivity contribution in [3.8, 4) is 0 Å². The molecule has 9 nitrogen and oxygen atoms in total. The molecule has 1 aliphatic rings. The van der Waals surface area contributed by atoms with Crippen LogP contribution < -0.4 is 0 Å². The van der Waals surface area contributed by atoms with Crippen LogP contribution in [0.4, 0.5) is 5.82 Å². The Morgan fingerprint density at radius 3 is 2.76 bits per heavy atom. The van der Waals surface area contributed by atoms with Crippen molar-refractivity contribution in [2.24, 2.45) is 4.99 Å². The number of hydrogen-bond acceptors (Lipinski definition) is 8. The average Bonchev–Trinajstić information content (AvgIpc) is 2.96. The molecule has 112 valence electrons. The number of halogens is 1. The maximum atomic E-state index is 10.1. The van der Waals surface area contributed by atoms with E-state index < -0.39 is 31.1 Å². The molecule has 2 aromatic heterocycles. The lowest BCUT2D eigenvalue weighted by molar-refractivity contribution is -0.0509. The van der Waals surface area contributed by atoms with E-state index in [1.54, 1.807) is 0 Å². The second-order valence-corrected chi connectivity index (χ2v) is 4.85. The largest absolute Gasteiger partial charge is 0.394 e. The first-order chi connectivity index (χ1) is 10.1. The SMILES string of the molecule is C=Nc1ncnc2c1nc(Cl)n2C1OC(CO)C(O)C1O. The van der Waals surface area contributed by atoms with Gasteiger partial charge in [-0.1, -0.05) is 0 Å². The van der Waals surface area contributed by atoms with Crippen LogP contribution in [0.3, 0.4) is 0 Å². The molecule has 1 saturated heterocycles. The van der Waals surface area contributed by atoms with Gasteiger partial charge in [-0.15, -0.1) is 0 Å². The molecule has 3 rings (SSSR count). The summed E-state index contributed by atoms with van der Waals surface area (Å²) in [5.41, 5.74) is 0.586. The third-order valence-corrected chi connectivity index (χ3v) is 3.60. The molecular weight excluding hydrogens is 302 g/mol. The molecule has 4 unspecified atom stereocenters. The van der Waals surface area contributed by atoms with Crippen molar-refractivity contribution < 1.29 is 20.1 Å². The van der Waals surface area contributed by atoms with Crippen LogP contribution in [0, 0.1) is 0 Å². The highest BCUT2D eigenvalue weighted by molar-refractivity contribution is 6.29. The predicted octanol–water partition coefficient (Wildman–Crippen LogP) is -0.577. The minimum Gasteiger partial charge on any atom is -0.394 e. The number of imidazole rings is 1. The van der Waals surface area contributed by atoms with Crippen molar-refractivity contribution in [3.63, 3.8) is 0 Å². The van der Waals surface area contributed by atoms with Crippen molar-refractivity contribution in [2.45, 2.75) is 24.5 Å². The van der Waals surface area contributed by atoms with Gasteiger partial charge in [0, 0.05) is 0 Å². The monoisotopic (exact) mass is 313 g/mol. The van der Waals surface area contributed by atoms with Gasteiger partial charge in [0.05, 0.1) is 6.61 Å². The Hall–Kier alpha value is -1.65. The quantitative estimate of drug-likeness (QED) is 0.511. The highest BCUT2D eigenvalue weighted by atomic mass is 35.5. The number of rotatable bonds is 3. The van der Waals surface area contributed by atoms with Crippen molar-refractivity contribution in [1.29, 1.82) is 0 Å². The lowest BCUT2D eigenvalue weighted by Crippen LogP contribution is -2.33. The Bertz CT molecular complexity index is 693. The van der Waals surface area contributed by atoms with E-state index in [1.807, 2.05) is 0 Å². The topological polar surface area (TPSA) is 126 Å². The third kappa shape index (κ3) is 2.10. The average molecular weight is 314 g/mol. The molecule has 3 N–H and O–H groups in total. The maximum absolute atomic E-state index is 10.1. The molecule has 21 heavy (non-hydrogen) atoms. The summed E-state index contributed by atoms with van der Waals surface area (Å²) in [5.74, 6) is 0.243. The number of nitrogens with zero attached hydrogens (tertiary/aromatic N) is 5.